The minimum Gasteiger partial charge on any atom is -0.488 e. The summed E-state index contributed by atoms with van der Waals surface area (Å²) >= 11 is 6.20. The molecule has 4 rings (SSSR count). The van der Waals surface area contributed by atoms with E-state index in [9.17, 15) is 4.79 Å². The summed E-state index contributed by atoms with van der Waals surface area (Å²) in [5, 5.41) is 14.8. The molecule has 30 heavy (non-hydrogen) atoms. The van der Waals surface area contributed by atoms with Crippen LogP contribution in [0.5, 0.6) is 5.75 Å². The van der Waals surface area contributed by atoms with Gasteiger partial charge in [0.25, 0.3) is 5.91 Å². The van der Waals surface area contributed by atoms with E-state index >= 15 is 0 Å². The second kappa shape index (κ2) is 8.75. The second-order valence-corrected chi connectivity index (χ2v) is 6.94. The van der Waals surface area contributed by atoms with E-state index in [2.05, 4.69) is 20.8 Å². The van der Waals surface area contributed by atoms with Crippen LogP contribution in [0.4, 0.5) is 5.69 Å². The number of hydrogen-bond donors (Lipinski definition) is 1. The Morgan fingerprint density at radius 1 is 1.07 bits per heavy atom. The van der Waals surface area contributed by atoms with Gasteiger partial charge >= 0.3 is 0 Å². The van der Waals surface area contributed by atoms with Gasteiger partial charge in [0.05, 0.1) is 11.3 Å². The minimum atomic E-state index is -0.276. The summed E-state index contributed by atoms with van der Waals surface area (Å²) in [7, 11) is 0. The number of halogens is 1. The van der Waals surface area contributed by atoms with Gasteiger partial charge in [0.2, 0.25) is 0 Å². The monoisotopic (exact) mass is 419 g/mol. The SMILES string of the molecule is Cc1c(NC(=O)c2ccccc2OCc2ccccc2Cl)cccc1-n1cnnn1. The van der Waals surface area contributed by atoms with Crippen LogP contribution in [-0.4, -0.2) is 26.1 Å². The highest BCUT2D eigenvalue weighted by atomic mass is 35.5. The van der Waals surface area contributed by atoms with Crippen LogP contribution in [0.15, 0.2) is 73.1 Å². The average molecular weight is 420 g/mol. The molecule has 8 heteroatoms. The smallest absolute Gasteiger partial charge is 0.259 e. The summed E-state index contributed by atoms with van der Waals surface area (Å²) in [6, 6.07) is 20.1. The van der Waals surface area contributed by atoms with Crippen LogP contribution >= 0.6 is 11.6 Å². The molecule has 0 aliphatic rings. The third-order valence-corrected chi connectivity index (χ3v) is 4.99. The van der Waals surface area contributed by atoms with E-state index in [1.165, 1.54) is 6.33 Å². The van der Waals surface area contributed by atoms with Gasteiger partial charge in [0.15, 0.2) is 0 Å². The highest BCUT2D eigenvalue weighted by molar-refractivity contribution is 6.31. The number of aromatic nitrogens is 4. The summed E-state index contributed by atoms with van der Waals surface area (Å²) in [5.41, 5.74) is 3.55. The molecule has 0 saturated heterocycles. The second-order valence-electron chi connectivity index (χ2n) is 6.53. The van der Waals surface area contributed by atoms with Gasteiger partial charge in [0, 0.05) is 16.3 Å². The summed E-state index contributed by atoms with van der Waals surface area (Å²) < 4.78 is 7.45. The maximum Gasteiger partial charge on any atom is 0.259 e. The predicted molar refractivity (Wildman–Crippen MR) is 114 cm³/mol. The molecule has 0 unspecified atom stereocenters. The summed E-state index contributed by atoms with van der Waals surface area (Å²) in [6.07, 6.45) is 1.51. The fourth-order valence-corrected chi connectivity index (χ4v) is 3.21. The molecule has 0 radical (unpaired) electrons. The van der Waals surface area contributed by atoms with Crippen LogP contribution in [0.2, 0.25) is 5.02 Å². The molecule has 150 valence electrons. The quantitative estimate of drug-likeness (QED) is 0.499. The number of rotatable bonds is 6. The molecule has 0 atom stereocenters. The molecule has 7 nitrogen and oxygen atoms in total. The Balaban J connectivity index is 1.55. The van der Waals surface area contributed by atoms with E-state index in [0.29, 0.717) is 22.0 Å². The van der Waals surface area contributed by atoms with Crippen LogP contribution in [0, 0.1) is 6.92 Å². The highest BCUT2D eigenvalue weighted by Gasteiger charge is 2.15. The molecule has 0 fully saturated rings. The largest absolute Gasteiger partial charge is 0.488 e. The van der Waals surface area contributed by atoms with Gasteiger partial charge in [0.1, 0.15) is 18.7 Å². The van der Waals surface area contributed by atoms with Gasteiger partial charge in [-0.15, -0.1) is 5.10 Å². The van der Waals surface area contributed by atoms with Gasteiger partial charge < -0.3 is 10.1 Å². The van der Waals surface area contributed by atoms with Crippen LogP contribution in [0.3, 0.4) is 0 Å². The zero-order valence-electron chi connectivity index (χ0n) is 16.1. The van der Waals surface area contributed by atoms with Gasteiger partial charge in [-0.3, -0.25) is 4.79 Å². The number of nitrogens with zero attached hydrogens (tertiary/aromatic N) is 4. The molecule has 0 saturated carbocycles. The topological polar surface area (TPSA) is 81.9 Å². The van der Waals surface area contributed by atoms with Crippen LogP contribution in [0.25, 0.3) is 5.69 Å². The molecule has 1 heterocycles. The first-order valence-electron chi connectivity index (χ1n) is 9.23. The first kappa shape index (κ1) is 19.6. The first-order chi connectivity index (χ1) is 14.6. The normalized spacial score (nSPS) is 10.6. The lowest BCUT2D eigenvalue weighted by Gasteiger charge is -2.14. The van der Waals surface area contributed by atoms with E-state index in [1.54, 1.807) is 28.9 Å². The van der Waals surface area contributed by atoms with Crippen molar-refractivity contribution in [1.82, 2.24) is 20.2 Å². The van der Waals surface area contributed by atoms with Gasteiger partial charge in [-0.1, -0.05) is 48.0 Å². The summed E-state index contributed by atoms with van der Waals surface area (Å²) in [4.78, 5) is 13.0. The molecule has 0 bridgehead atoms. The molecular formula is C22H18ClN5O2. The highest BCUT2D eigenvalue weighted by Crippen LogP contribution is 2.25. The van der Waals surface area contributed by atoms with Crippen molar-refractivity contribution in [2.24, 2.45) is 0 Å². The van der Waals surface area contributed by atoms with Crippen molar-refractivity contribution in [3.8, 4) is 11.4 Å². The number of ether oxygens (including phenoxy) is 1. The van der Waals surface area contributed by atoms with E-state index in [0.717, 1.165) is 16.8 Å². The van der Waals surface area contributed by atoms with Crippen molar-refractivity contribution >= 4 is 23.2 Å². The third kappa shape index (κ3) is 4.16. The molecular weight excluding hydrogens is 402 g/mol. The number of anilines is 1. The number of nitrogens with one attached hydrogen (secondary N) is 1. The van der Waals surface area contributed by atoms with Gasteiger partial charge in [-0.25, -0.2) is 4.68 Å². The number of amides is 1. The number of para-hydroxylation sites is 1. The number of benzene rings is 3. The van der Waals surface area contributed by atoms with Crippen molar-refractivity contribution in [3.63, 3.8) is 0 Å². The fraction of sp³-hybridized carbons (Fsp3) is 0.0909. The van der Waals surface area contributed by atoms with E-state index < -0.39 is 0 Å². The Bertz CT molecular complexity index is 1180. The molecule has 0 aliphatic heterocycles. The Kier molecular flexibility index (Phi) is 5.72. The third-order valence-electron chi connectivity index (χ3n) is 4.62. The molecule has 1 aromatic heterocycles. The van der Waals surface area contributed by atoms with E-state index in [4.69, 9.17) is 16.3 Å². The lowest BCUT2D eigenvalue weighted by molar-refractivity contribution is 0.102. The number of carbonyl (C=O) groups is 1. The number of hydrogen-bond acceptors (Lipinski definition) is 5. The van der Waals surface area contributed by atoms with Crippen LogP contribution in [0.1, 0.15) is 21.5 Å². The van der Waals surface area contributed by atoms with E-state index in [1.807, 2.05) is 49.4 Å². The van der Waals surface area contributed by atoms with Crippen LogP contribution in [-0.2, 0) is 6.61 Å². The molecule has 1 amide bonds. The lowest BCUT2D eigenvalue weighted by Crippen LogP contribution is -2.15. The van der Waals surface area contributed by atoms with Crippen molar-refractivity contribution in [2.75, 3.05) is 5.32 Å². The molecule has 0 aliphatic carbocycles. The number of tetrazole rings is 1. The van der Waals surface area contributed by atoms with Crippen molar-refractivity contribution in [3.05, 3.63) is 94.8 Å². The Labute approximate surface area is 178 Å². The lowest BCUT2D eigenvalue weighted by atomic mass is 10.1. The Morgan fingerprint density at radius 2 is 1.87 bits per heavy atom. The van der Waals surface area contributed by atoms with Crippen molar-refractivity contribution in [2.45, 2.75) is 13.5 Å². The maximum atomic E-state index is 13.0. The molecule has 3 aromatic carbocycles. The fourth-order valence-electron chi connectivity index (χ4n) is 3.02. The van der Waals surface area contributed by atoms with Crippen molar-refractivity contribution in [1.29, 1.82) is 0 Å². The zero-order chi connectivity index (χ0) is 20.9. The maximum absolute atomic E-state index is 13.0. The van der Waals surface area contributed by atoms with E-state index in [-0.39, 0.29) is 12.5 Å². The molecule has 4 aromatic rings. The predicted octanol–water partition coefficient (Wildman–Crippen LogP) is 4.46. The summed E-state index contributed by atoms with van der Waals surface area (Å²) in [5.74, 6) is 0.200. The minimum absolute atomic E-state index is 0.262. The molecule has 1 N–H and O–H groups in total. The van der Waals surface area contributed by atoms with Crippen LogP contribution < -0.4 is 10.1 Å². The number of carbonyl (C=O) groups excluding carboxylic acids is 1. The first-order valence-corrected chi connectivity index (χ1v) is 9.61. The Hall–Kier alpha value is -3.71. The zero-order valence-corrected chi connectivity index (χ0v) is 16.9. The van der Waals surface area contributed by atoms with Crippen molar-refractivity contribution < 1.29 is 9.53 Å². The van der Waals surface area contributed by atoms with Gasteiger partial charge in [-0.05, 0) is 53.2 Å². The average Bonchev–Trinajstić information content (AvgIpc) is 3.29. The van der Waals surface area contributed by atoms with Gasteiger partial charge in [-0.2, -0.15) is 0 Å². The Morgan fingerprint density at radius 3 is 2.67 bits per heavy atom. The molecule has 0 spiro atoms. The standard InChI is InChI=1S/C22H18ClN5O2/c1-15-19(10-6-11-20(15)28-14-24-26-27-28)25-22(29)17-8-3-5-12-21(17)30-13-16-7-2-4-9-18(16)23/h2-12,14H,13H2,1H3,(H,25,29). The summed E-state index contributed by atoms with van der Waals surface area (Å²) in [6.45, 7) is 2.16.